The van der Waals surface area contributed by atoms with Gasteiger partial charge in [-0.3, -0.25) is 19.1 Å². The summed E-state index contributed by atoms with van der Waals surface area (Å²) in [6.07, 6.45) is 6.85. The molecule has 3 heterocycles. The fourth-order valence-corrected chi connectivity index (χ4v) is 3.35. The summed E-state index contributed by atoms with van der Waals surface area (Å²) in [7, 11) is 0. The SMILES string of the molecule is Cc1ccncc1-c1ccc(=O)n(-c2cccc(N3CCCC3=O)c2)c1. The Balaban J connectivity index is 1.79. The maximum atomic E-state index is 12.5. The van der Waals surface area contributed by atoms with Crippen molar-refractivity contribution in [2.24, 2.45) is 0 Å². The number of nitrogens with zero attached hydrogens (tertiary/aromatic N) is 3. The number of anilines is 1. The molecule has 4 rings (SSSR count). The van der Waals surface area contributed by atoms with E-state index in [0.29, 0.717) is 6.42 Å². The highest BCUT2D eigenvalue weighted by Crippen LogP contribution is 2.25. The van der Waals surface area contributed by atoms with Crippen LogP contribution in [0.25, 0.3) is 16.8 Å². The van der Waals surface area contributed by atoms with Crippen LogP contribution in [0, 0.1) is 6.92 Å². The maximum absolute atomic E-state index is 12.5. The average molecular weight is 345 g/mol. The maximum Gasteiger partial charge on any atom is 0.255 e. The van der Waals surface area contributed by atoms with Crippen LogP contribution >= 0.6 is 0 Å². The molecule has 1 aromatic carbocycles. The van der Waals surface area contributed by atoms with Gasteiger partial charge in [0.05, 0.1) is 5.69 Å². The second-order valence-corrected chi connectivity index (χ2v) is 6.49. The van der Waals surface area contributed by atoms with Crippen molar-refractivity contribution >= 4 is 11.6 Å². The van der Waals surface area contributed by atoms with E-state index in [1.165, 1.54) is 0 Å². The molecule has 1 amide bonds. The highest BCUT2D eigenvalue weighted by atomic mass is 16.2. The van der Waals surface area contributed by atoms with Crippen molar-refractivity contribution in [1.82, 2.24) is 9.55 Å². The number of aromatic nitrogens is 2. The molecule has 0 N–H and O–H groups in total. The molecule has 3 aromatic rings. The molecule has 26 heavy (non-hydrogen) atoms. The minimum atomic E-state index is -0.111. The van der Waals surface area contributed by atoms with E-state index in [2.05, 4.69) is 4.98 Å². The van der Waals surface area contributed by atoms with Crippen LogP contribution < -0.4 is 10.5 Å². The normalized spacial score (nSPS) is 14.0. The predicted octanol–water partition coefficient (Wildman–Crippen LogP) is 3.33. The molecule has 0 aliphatic carbocycles. The van der Waals surface area contributed by atoms with Crippen molar-refractivity contribution in [3.05, 3.63) is 77.0 Å². The fraction of sp³-hybridized carbons (Fsp3) is 0.190. The Morgan fingerprint density at radius 3 is 2.65 bits per heavy atom. The minimum absolute atomic E-state index is 0.111. The van der Waals surface area contributed by atoms with Crippen LogP contribution in [0.3, 0.4) is 0 Å². The number of amides is 1. The van der Waals surface area contributed by atoms with Gasteiger partial charge in [0.15, 0.2) is 0 Å². The fourth-order valence-electron chi connectivity index (χ4n) is 3.35. The second kappa shape index (κ2) is 6.59. The zero-order valence-corrected chi connectivity index (χ0v) is 14.6. The summed E-state index contributed by atoms with van der Waals surface area (Å²) in [5.74, 6) is 0.134. The van der Waals surface area contributed by atoms with E-state index in [-0.39, 0.29) is 11.5 Å². The van der Waals surface area contributed by atoms with E-state index in [1.807, 2.05) is 49.5 Å². The predicted molar refractivity (Wildman–Crippen MR) is 102 cm³/mol. The van der Waals surface area contributed by atoms with Crippen LogP contribution in [0.1, 0.15) is 18.4 Å². The summed E-state index contributed by atoms with van der Waals surface area (Å²) in [5, 5.41) is 0. The molecule has 0 unspecified atom stereocenters. The van der Waals surface area contributed by atoms with Crippen LogP contribution in [0.4, 0.5) is 5.69 Å². The highest BCUT2D eigenvalue weighted by molar-refractivity contribution is 5.95. The smallest absolute Gasteiger partial charge is 0.255 e. The molecule has 5 heteroatoms. The van der Waals surface area contributed by atoms with Crippen molar-refractivity contribution < 1.29 is 4.79 Å². The van der Waals surface area contributed by atoms with E-state index in [4.69, 9.17) is 0 Å². The molecule has 1 aliphatic heterocycles. The summed E-state index contributed by atoms with van der Waals surface area (Å²) in [6, 6.07) is 12.9. The lowest BCUT2D eigenvalue weighted by Crippen LogP contribution is -2.24. The topological polar surface area (TPSA) is 55.2 Å². The zero-order chi connectivity index (χ0) is 18.1. The molecule has 5 nitrogen and oxygen atoms in total. The van der Waals surface area contributed by atoms with E-state index < -0.39 is 0 Å². The molecule has 1 fully saturated rings. The molecular formula is C21H19N3O2. The lowest BCUT2D eigenvalue weighted by Gasteiger charge is -2.17. The Kier molecular flexibility index (Phi) is 4.13. The Morgan fingerprint density at radius 1 is 1.04 bits per heavy atom. The van der Waals surface area contributed by atoms with Gasteiger partial charge >= 0.3 is 0 Å². The Labute approximate surface area is 151 Å². The van der Waals surface area contributed by atoms with Crippen molar-refractivity contribution in [1.29, 1.82) is 0 Å². The Morgan fingerprint density at radius 2 is 1.88 bits per heavy atom. The Bertz CT molecular complexity index is 1040. The first-order chi connectivity index (χ1) is 12.6. The van der Waals surface area contributed by atoms with Crippen molar-refractivity contribution in [2.45, 2.75) is 19.8 Å². The lowest BCUT2D eigenvalue weighted by atomic mass is 10.1. The number of rotatable bonds is 3. The number of benzene rings is 1. The van der Waals surface area contributed by atoms with Gasteiger partial charge in [-0.1, -0.05) is 6.07 Å². The molecule has 0 saturated carbocycles. The molecule has 1 saturated heterocycles. The third-order valence-electron chi connectivity index (χ3n) is 4.75. The van der Waals surface area contributed by atoms with Crippen molar-refractivity contribution in [3.63, 3.8) is 0 Å². The van der Waals surface area contributed by atoms with Crippen LogP contribution in [0.5, 0.6) is 0 Å². The first-order valence-corrected chi connectivity index (χ1v) is 8.68. The van der Waals surface area contributed by atoms with Gasteiger partial charge in [-0.05, 0) is 49.2 Å². The second-order valence-electron chi connectivity index (χ2n) is 6.49. The summed E-state index contributed by atoms with van der Waals surface area (Å²) in [5.41, 5.74) is 4.49. The summed E-state index contributed by atoms with van der Waals surface area (Å²) in [4.78, 5) is 30.4. The summed E-state index contributed by atoms with van der Waals surface area (Å²) in [6.45, 7) is 2.75. The summed E-state index contributed by atoms with van der Waals surface area (Å²) >= 11 is 0. The molecule has 130 valence electrons. The standard InChI is InChI=1S/C21H19N3O2/c1-15-9-10-22-13-19(15)16-7-8-21(26)24(14-16)18-5-2-4-17(12-18)23-11-3-6-20(23)25/h2,4-5,7-10,12-14H,3,6,11H2,1H3. The van der Waals surface area contributed by atoms with Gasteiger partial charge in [0.1, 0.15) is 0 Å². The molecule has 0 atom stereocenters. The number of hydrogen-bond acceptors (Lipinski definition) is 3. The first-order valence-electron chi connectivity index (χ1n) is 8.68. The number of carbonyl (C=O) groups excluding carboxylic acids is 1. The van der Waals surface area contributed by atoms with Gasteiger partial charge in [-0.2, -0.15) is 0 Å². The quantitative estimate of drug-likeness (QED) is 0.732. The molecule has 0 radical (unpaired) electrons. The molecule has 0 bridgehead atoms. The van der Waals surface area contributed by atoms with Gasteiger partial charge in [0.25, 0.3) is 5.56 Å². The average Bonchev–Trinajstić information content (AvgIpc) is 3.09. The largest absolute Gasteiger partial charge is 0.312 e. The number of carbonyl (C=O) groups is 1. The van der Waals surface area contributed by atoms with Crippen LogP contribution in [-0.4, -0.2) is 22.0 Å². The zero-order valence-electron chi connectivity index (χ0n) is 14.6. The van der Waals surface area contributed by atoms with Gasteiger partial charge < -0.3 is 4.90 Å². The van der Waals surface area contributed by atoms with Crippen LogP contribution in [-0.2, 0) is 4.79 Å². The number of hydrogen-bond donors (Lipinski definition) is 0. The van der Waals surface area contributed by atoms with Gasteiger partial charge in [0, 0.05) is 54.4 Å². The van der Waals surface area contributed by atoms with Gasteiger partial charge in [-0.15, -0.1) is 0 Å². The number of aryl methyl sites for hydroxylation is 1. The van der Waals surface area contributed by atoms with Gasteiger partial charge in [0.2, 0.25) is 5.91 Å². The molecule has 0 spiro atoms. The third-order valence-corrected chi connectivity index (χ3v) is 4.75. The molecule has 2 aromatic heterocycles. The third kappa shape index (κ3) is 2.92. The van der Waals surface area contributed by atoms with Gasteiger partial charge in [-0.25, -0.2) is 0 Å². The van der Waals surface area contributed by atoms with Crippen LogP contribution in [0.15, 0.2) is 65.8 Å². The lowest BCUT2D eigenvalue weighted by molar-refractivity contribution is -0.117. The molecular weight excluding hydrogens is 326 g/mol. The van der Waals surface area contributed by atoms with Crippen molar-refractivity contribution in [3.8, 4) is 16.8 Å². The monoisotopic (exact) mass is 345 g/mol. The van der Waals surface area contributed by atoms with E-state index in [1.54, 1.807) is 27.9 Å². The first kappa shape index (κ1) is 16.3. The summed E-state index contributed by atoms with van der Waals surface area (Å²) < 4.78 is 1.62. The van der Waals surface area contributed by atoms with Crippen molar-refractivity contribution in [2.75, 3.05) is 11.4 Å². The van der Waals surface area contributed by atoms with Crippen LogP contribution in [0.2, 0.25) is 0 Å². The highest BCUT2D eigenvalue weighted by Gasteiger charge is 2.21. The van der Waals surface area contributed by atoms with E-state index in [0.717, 1.165) is 41.0 Å². The van der Waals surface area contributed by atoms with E-state index in [9.17, 15) is 9.59 Å². The minimum Gasteiger partial charge on any atom is -0.312 e. The Hall–Kier alpha value is -3.21. The van der Waals surface area contributed by atoms with E-state index >= 15 is 0 Å². The number of pyridine rings is 2. The molecule has 1 aliphatic rings.